The third-order valence-corrected chi connectivity index (χ3v) is 2.66. The Balaban J connectivity index is 2.69. The van der Waals surface area contributed by atoms with Gasteiger partial charge in [0.05, 0.1) is 0 Å². The van der Waals surface area contributed by atoms with Crippen molar-refractivity contribution in [1.82, 2.24) is 5.32 Å². The number of para-hydroxylation sites is 1. The summed E-state index contributed by atoms with van der Waals surface area (Å²) >= 11 is 0. The molecule has 3 nitrogen and oxygen atoms in total. The summed E-state index contributed by atoms with van der Waals surface area (Å²) in [5.74, 6) is 0.0217. The van der Waals surface area contributed by atoms with Crippen LogP contribution < -0.4 is 10.6 Å². The second-order valence-electron chi connectivity index (χ2n) is 5.62. The van der Waals surface area contributed by atoms with Gasteiger partial charge in [-0.15, -0.1) is 0 Å². The van der Waals surface area contributed by atoms with Gasteiger partial charge in [-0.25, -0.2) is 0 Å². The predicted octanol–water partition coefficient (Wildman–Crippen LogP) is 2.96. The van der Waals surface area contributed by atoms with Crippen molar-refractivity contribution in [2.45, 2.75) is 52.6 Å². The zero-order valence-electron chi connectivity index (χ0n) is 12.0. The number of amides is 1. The first-order valence-electron chi connectivity index (χ1n) is 6.50. The van der Waals surface area contributed by atoms with E-state index in [2.05, 4.69) is 23.6 Å². The third-order valence-electron chi connectivity index (χ3n) is 2.66. The van der Waals surface area contributed by atoms with Crippen molar-refractivity contribution in [2.75, 3.05) is 5.32 Å². The number of nitrogens with one attached hydrogen (secondary N) is 2. The molecule has 0 saturated carbocycles. The van der Waals surface area contributed by atoms with Crippen LogP contribution in [0, 0.1) is 0 Å². The van der Waals surface area contributed by atoms with Gasteiger partial charge < -0.3 is 10.6 Å². The van der Waals surface area contributed by atoms with E-state index in [1.165, 1.54) is 5.56 Å². The second-order valence-corrected chi connectivity index (χ2v) is 5.62. The first kappa shape index (κ1) is 14.6. The van der Waals surface area contributed by atoms with Crippen LogP contribution in [0.1, 0.15) is 40.2 Å². The van der Waals surface area contributed by atoms with E-state index in [1.807, 2.05) is 45.9 Å². The Kier molecular flexibility index (Phi) is 4.76. The average Bonchev–Trinajstić information content (AvgIpc) is 2.27. The summed E-state index contributed by atoms with van der Waals surface area (Å²) in [5, 5.41) is 6.25. The molecule has 2 N–H and O–H groups in total. The molecule has 0 spiro atoms. The summed E-state index contributed by atoms with van der Waals surface area (Å²) in [6.07, 6.45) is 0.955. The number of hydrogen-bond donors (Lipinski definition) is 2. The predicted molar refractivity (Wildman–Crippen MR) is 76.8 cm³/mol. The Morgan fingerprint density at radius 3 is 2.44 bits per heavy atom. The van der Waals surface area contributed by atoms with Crippen molar-refractivity contribution in [1.29, 1.82) is 0 Å². The van der Waals surface area contributed by atoms with Crippen LogP contribution in [-0.2, 0) is 11.2 Å². The van der Waals surface area contributed by atoms with Gasteiger partial charge in [0, 0.05) is 11.2 Å². The van der Waals surface area contributed by atoms with Crippen LogP contribution in [0.5, 0.6) is 0 Å². The fourth-order valence-corrected chi connectivity index (χ4v) is 1.75. The Morgan fingerprint density at radius 1 is 1.28 bits per heavy atom. The van der Waals surface area contributed by atoms with E-state index in [0.717, 1.165) is 12.1 Å². The van der Waals surface area contributed by atoms with Crippen LogP contribution in [0.25, 0.3) is 0 Å². The number of anilines is 1. The number of carbonyl (C=O) groups is 1. The minimum Gasteiger partial charge on any atom is -0.374 e. The lowest BCUT2D eigenvalue weighted by atomic mass is 10.1. The maximum atomic E-state index is 12.0. The molecule has 1 unspecified atom stereocenters. The van der Waals surface area contributed by atoms with Gasteiger partial charge in [-0.3, -0.25) is 4.79 Å². The molecule has 0 saturated heterocycles. The Bertz CT molecular complexity index is 407. The molecule has 100 valence electrons. The summed E-state index contributed by atoms with van der Waals surface area (Å²) in [6.45, 7) is 9.95. The SMILES string of the molecule is CCc1ccccc1NC(C)C(=O)NC(C)(C)C. The van der Waals surface area contributed by atoms with Crippen molar-refractivity contribution in [2.24, 2.45) is 0 Å². The first-order chi connectivity index (χ1) is 8.33. The monoisotopic (exact) mass is 248 g/mol. The molecule has 0 aliphatic heterocycles. The highest BCUT2D eigenvalue weighted by molar-refractivity contribution is 5.85. The maximum Gasteiger partial charge on any atom is 0.242 e. The molecule has 0 bridgehead atoms. The smallest absolute Gasteiger partial charge is 0.242 e. The molecule has 0 heterocycles. The Morgan fingerprint density at radius 2 is 1.89 bits per heavy atom. The molecule has 0 radical (unpaired) electrons. The molecule has 0 aliphatic rings. The summed E-state index contributed by atoms with van der Waals surface area (Å²) in [7, 11) is 0. The minimum atomic E-state index is -0.239. The lowest BCUT2D eigenvalue weighted by Gasteiger charge is -2.24. The fraction of sp³-hybridized carbons (Fsp3) is 0.533. The minimum absolute atomic E-state index is 0.0217. The Hall–Kier alpha value is -1.51. The van der Waals surface area contributed by atoms with Crippen LogP contribution in [0.2, 0.25) is 0 Å². The van der Waals surface area contributed by atoms with E-state index in [1.54, 1.807) is 0 Å². The van der Waals surface area contributed by atoms with E-state index in [-0.39, 0.29) is 17.5 Å². The van der Waals surface area contributed by atoms with E-state index in [4.69, 9.17) is 0 Å². The van der Waals surface area contributed by atoms with Crippen LogP contribution >= 0.6 is 0 Å². The van der Waals surface area contributed by atoms with Crippen LogP contribution in [0.3, 0.4) is 0 Å². The molecule has 1 amide bonds. The highest BCUT2D eigenvalue weighted by atomic mass is 16.2. The number of hydrogen-bond acceptors (Lipinski definition) is 2. The molecular formula is C15H24N2O. The standard InChI is InChI=1S/C15H24N2O/c1-6-12-9-7-8-10-13(12)16-11(2)14(18)17-15(3,4)5/h7-11,16H,6H2,1-5H3,(H,17,18). The van der Waals surface area contributed by atoms with E-state index in [9.17, 15) is 4.79 Å². The summed E-state index contributed by atoms with van der Waals surface area (Å²) in [5.41, 5.74) is 2.07. The lowest BCUT2D eigenvalue weighted by molar-refractivity contribution is -0.122. The first-order valence-corrected chi connectivity index (χ1v) is 6.50. The summed E-state index contributed by atoms with van der Waals surface area (Å²) < 4.78 is 0. The molecule has 3 heteroatoms. The molecule has 1 atom stereocenters. The molecule has 1 aromatic rings. The van der Waals surface area contributed by atoms with E-state index in [0.29, 0.717) is 0 Å². The molecule has 0 aromatic heterocycles. The summed E-state index contributed by atoms with van der Waals surface area (Å²) in [4.78, 5) is 12.0. The van der Waals surface area contributed by atoms with Gasteiger partial charge in [0.15, 0.2) is 0 Å². The molecule has 0 aliphatic carbocycles. The molecule has 0 fully saturated rings. The highest BCUT2D eigenvalue weighted by Gasteiger charge is 2.19. The number of aryl methyl sites for hydroxylation is 1. The zero-order valence-corrected chi connectivity index (χ0v) is 12.0. The van der Waals surface area contributed by atoms with Crippen LogP contribution in [0.15, 0.2) is 24.3 Å². The maximum absolute atomic E-state index is 12.0. The third kappa shape index (κ3) is 4.40. The lowest BCUT2D eigenvalue weighted by Crippen LogP contribution is -2.47. The molecule has 1 aromatic carbocycles. The van der Waals surface area contributed by atoms with Crippen LogP contribution in [0.4, 0.5) is 5.69 Å². The van der Waals surface area contributed by atoms with Gasteiger partial charge in [0.25, 0.3) is 0 Å². The number of carbonyl (C=O) groups excluding carboxylic acids is 1. The van der Waals surface area contributed by atoms with Gasteiger partial charge in [-0.2, -0.15) is 0 Å². The molecule has 1 rings (SSSR count). The van der Waals surface area contributed by atoms with Crippen molar-refractivity contribution in [3.05, 3.63) is 29.8 Å². The fourth-order valence-electron chi connectivity index (χ4n) is 1.75. The van der Waals surface area contributed by atoms with Crippen LogP contribution in [-0.4, -0.2) is 17.5 Å². The van der Waals surface area contributed by atoms with Crippen molar-refractivity contribution >= 4 is 11.6 Å². The van der Waals surface area contributed by atoms with Gasteiger partial charge in [0.2, 0.25) is 5.91 Å². The number of rotatable bonds is 4. The van der Waals surface area contributed by atoms with E-state index >= 15 is 0 Å². The largest absolute Gasteiger partial charge is 0.374 e. The van der Waals surface area contributed by atoms with Gasteiger partial charge in [0.1, 0.15) is 6.04 Å². The molecule has 18 heavy (non-hydrogen) atoms. The number of benzene rings is 1. The van der Waals surface area contributed by atoms with Gasteiger partial charge in [-0.1, -0.05) is 25.1 Å². The zero-order chi connectivity index (χ0) is 13.8. The van der Waals surface area contributed by atoms with Crippen molar-refractivity contribution in [3.63, 3.8) is 0 Å². The Labute approximate surface area is 110 Å². The normalized spacial score (nSPS) is 12.9. The molecular weight excluding hydrogens is 224 g/mol. The highest BCUT2D eigenvalue weighted by Crippen LogP contribution is 2.16. The van der Waals surface area contributed by atoms with E-state index < -0.39 is 0 Å². The average molecular weight is 248 g/mol. The van der Waals surface area contributed by atoms with Gasteiger partial charge in [-0.05, 0) is 45.7 Å². The quantitative estimate of drug-likeness (QED) is 0.860. The topological polar surface area (TPSA) is 41.1 Å². The van der Waals surface area contributed by atoms with Gasteiger partial charge >= 0.3 is 0 Å². The van der Waals surface area contributed by atoms with Crippen molar-refractivity contribution in [3.8, 4) is 0 Å². The summed E-state index contributed by atoms with van der Waals surface area (Å²) in [6, 6.07) is 7.85. The second kappa shape index (κ2) is 5.89. The van der Waals surface area contributed by atoms with Crippen molar-refractivity contribution < 1.29 is 4.79 Å².